The van der Waals surface area contributed by atoms with E-state index in [1.807, 2.05) is 18.2 Å². The number of hydrogen-bond acceptors (Lipinski definition) is 3. The second-order valence-electron chi connectivity index (χ2n) is 5.95. The van der Waals surface area contributed by atoms with Gasteiger partial charge in [-0.2, -0.15) is 0 Å². The monoisotopic (exact) mass is 352 g/mol. The van der Waals surface area contributed by atoms with Crippen LogP contribution in [-0.4, -0.2) is 30.6 Å². The summed E-state index contributed by atoms with van der Waals surface area (Å²) in [5.41, 5.74) is 0.832. The van der Waals surface area contributed by atoms with Crippen LogP contribution in [0.25, 0.3) is 11.3 Å². The Bertz CT molecular complexity index is 656. The Morgan fingerprint density at radius 2 is 2.13 bits per heavy atom. The van der Waals surface area contributed by atoms with Gasteiger partial charge in [0.1, 0.15) is 11.5 Å². The average Bonchev–Trinajstić information content (AvgIpc) is 3.19. The van der Waals surface area contributed by atoms with Crippen LogP contribution in [0.3, 0.4) is 0 Å². The van der Waals surface area contributed by atoms with Crippen LogP contribution in [0.2, 0.25) is 10.0 Å². The third kappa shape index (κ3) is 4.10. The molecule has 3 nitrogen and oxygen atoms in total. The van der Waals surface area contributed by atoms with E-state index in [1.165, 1.54) is 19.4 Å². The summed E-state index contributed by atoms with van der Waals surface area (Å²) < 4.78 is 5.90. The minimum Gasteiger partial charge on any atom is -0.460 e. The number of likely N-dealkylation sites (N-methyl/N-ethyl adjacent to an activating group) is 1. The zero-order valence-electron chi connectivity index (χ0n) is 13.3. The Kier molecular flexibility index (Phi) is 5.65. The van der Waals surface area contributed by atoms with Crippen molar-refractivity contribution in [3.05, 3.63) is 46.1 Å². The Hall–Kier alpha value is -1.00. The molecule has 5 heteroatoms. The molecule has 2 aromatic rings. The molecule has 2 heterocycles. The molecule has 0 saturated carbocycles. The minimum atomic E-state index is 0.646. The SMILES string of the molecule is CCN1CCC[C@H]1CNCc1ccc(-c2cc(Cl)ccc2Cl)o1. The maximum atomic E-state index is 6.22. The first-order valence-corrected chi connectivity index (χ1v) is 8.92. The number of nitrogens with one attached hydrogen (secondary N) is 1. The standard InChI is InChI=1S/C18H22Cl2N2O/c1-2-22-9-3-4-14(22)11-21-12-15-6-8-18(23-15)16-10-13(19)5-7-17(16)20/h5-8,10,14,21H,2-4,9,11-12H2,1H3/t14-/m0/s1. The third-order valence-corrected chi connectivity index (χ3v) is 5.00. The lowest BCUT2D eigenvalue weighted by Crippen LogP contribution is -2.37. The largest absolute Gasteiger partial charge is 0.460 e. The summed E-state index contributed by atoms with van der Waals surface area (Å²) in [6.07, 6.45) is 2.58. The molecule has 1 aromatic carbocycles. The molecular weight excluding hydrogens is 331 g/mol. The number of rotatable bonds is 6. The zero-order chi connectivity index (χ0) is 16.2. The van der Waals surface area contributed by atoms with Crippen LogP contribution in [0.4, 0.5) is 0 Å². The van der Waals surface area contributed by atoms with Crippen molar-refractivity contribution in [3.8, 4) is 11.3 Å². The van der Waals surface area contributed by atoms with Crippen LogP contribution >= 0.6 is 23.2 Å². The van der Waals surface area contributed by atoms with Crippen LogP contribution in [0.15, 0.2) is 34.7 Å². The Morgan fingerprint density at radius 1 is 1.26 bits per heavy atom. The van der Waals surface area contributed by atoms with Gasteiger partial charge >= 0.3 is 0 Å². The van der Waals surface area contributed by atoms with Crippen LogP contribution < -0.4 is 5.32 Å². The summed E-state index contributed by atoms with van der Waals surface area (Å²) in [7, 11) is 0. The Morgan fingerprint density at radius 3 is 2.96 bits per heavy atom. The molecule has 1 saturated heterocycles. The number of likely N-dealkylation sites (tertiary alicyclic amines) is 1. The molecule has 3 rings (SSSR count). The maximum Gasteiger partial charge on any atom is 0.135 e. The Balaban J connectivity index is 1.58. The second-order valence-corrected chi connectivity index (χ2v) is 6.79. The van der Waals surface area contributed by atoms with Gasteiger partial charge in [-0.15, -0.1) is 0 Å². The van der Waals surface area contributed by atoms with Crippen molar-refractivity contribution in [2.24, 2.45) is 0 Å². The molecule has 1 aliphatic rings. The highest BCUT2D eigenvalue weighted by Crippen LogP contribution is 2.31. The van der Waals surface area contributed by atoms with Gasteiger partial charge < -0.3 is 9.73 Å². The molecule has 0 aliphatic carbocycles. The number of benzene rings is 1. The van der Waals surface area contributed by atoms with Crippen molar-refractivity contribution < 1.29 is 4.42 Å². The quantitative estimate of drug-likeness (QED) is 0.807. The van der Waals surface area contributed by atoms with Crippen LogP contribution in [0, 0.1) is 0 Å². The van der Waals surface area contributed by atoms with Crippen molar-refractivity contribution in [1.29, 1.82) is 0 Å². The lowest BCUT2D eigenvalue weighted by Gasteiger charge is -2.22. The summed E-state index contributed by atoms with van der Waals surface area (Å²) in [5.74, 6) is 1.67. The molecule has 1 aliphatic heterocycles. The van der Waals surface area contributed by atoms with E-state index in [-0.39, 0.29) is 0 Å². The smallest absolute Gasteiger partial charge is 0.135 e. The molecule has 1 aromatic heterocycles. The third-order valence-electron chi connectivity index (χ3n) is 4.44. The number of nitrogens with zero attached hydrogens (tertiary/aromatic N) is 1. The summed E-state index contributed by atoms with van der Waals surface area (Å²) in [6.45, 7) is 6.31. The van der Waals surface area contributed by atoms with E-state index in [0.29, 0.717) is 16.1 Å². The van der Waals surface area contributed by atoms with Crippen LogP contribution in [0.5, 0.6) is 0 Å². The lowest BCUT2D eigenvalue weighted by molar-refractivity contribution is 0.258. The molecule has 0 radical (unpaired) electrons. The van der Waals surface area contributed by atoms with Gasteiger partial charge in [0.15, 0.2) is 0 Å². The summed E-state index contributed by atoms with van der Waals surface area (Å²) in [4.78, 5) is 2.53. The average molecular weight is 353 g/mol. The number of furan rings is 1. The fourth-order valence-electron chi connectivity index (χ4n) is 3.21. The van der Waals surface area contributed by atoms with Crippen molar-refractivity contribution in [1.82, 2.24) is 10.2 Å². The topological polar surface area (TPSA) is 28.4 Å². The molecule has 1 N–H and O–H groups in total. The van der Waals surface area contributed by atoms with Gasteiger partial charge in [-0.25, -0.2) is 0 Å². The summed E-state index contributed by atoms with van der Waals surface area (Å²) in [5, 5.41) is 4.80. The molecule has 1 atom stereocenters. The maximum absolute atomic E-state index is 6.22. The first-order valence-electron chi connectivity index (χ1n) is 8.16. The minimum absolute atomic E-state index is 0.646. The molecule has 124 valence electrons. The van der Waals surface area contributed by atoms with E-state index >= 15 is 0 Å². The zero-order valence-corrected chi connectivity index (χ0v) is 14.8. The second kappa shape index (κ2) is 7.71. The molecule has 0 unspecified atom stereocenters. The van der Waals surface area contributed by atoms with E-state index in [2.05, 4.69) is 17.1 Å². The van der Waals surface area contributed by atoms with Gasteiger partial charge in [-0.3, -0.25) is 4.90 Å². The van der Waals surface area contributed by atoms with E-state index < -0.39 is 0 Å². The predicted octanol–water partition coefficient (Wildman–Crippen LogP) is 4.83. The van der Waals surface area contributed by atoms with Gasteiger partial charge in [-0.05, 0) is 56.3 Å². The first-order chi connectivity index (χ1) is 11.2. The van der Waals surface area contributed by atoms with Gasteiger partial charge in [0.25, 0.3) is 0 Å². The highest BCUT2D eigenvalue weighted by atomic mass is 35.5. The number of halogens is 2. The molecule has 0 amide bonds. The van der Waals surface area contributed by atoms with Gasteiger partial charge in [0.2, 0.25) is 0 Å². The van der Waals surface area contributed by atoms with E-state index in [9.17, 15) is 0 Å². The van der Waals surface area contributed by atoms with Gasteiger partial charge in [-0.1, -0.05) is 30.1 Å². The predicted molar refractivity (Wildman–Crippen MR) is 96.1 cm³/mol. The van der Waals surface area contributed by atoms with Crippen molar-refractivity contribution in [2.45, 2.75) is 32.4 Å². The van der Waals surface area contributed by atoms with E-state index in [4.69, 9.17) is 27.6 Å². The summed E-state index contributed by atoms with van der Waals surface area (Å²) >= 11 is 12.3. The molecule has 0 spiro atoms. The van der Waals surface area contributed by atoms with Crippen molar-refractivity contribution >= 4 is 23.2 Å². The summed E-state index contributed by atoms with van der Waals surface area (Å²) in [6, 6.07) is 9.99. The first kappa shape index (κ1) is 16.8. The molecule has 0 bridgehead atoms. The fraction of sp³-hybridized carbons (Fsp3) is 0.444. The highest BCUT2D eigenvalue weighted by Gasteiger charge is 2.22. The molecule has 1 fully saturated rings. The van der Waals surface area contributed by atoms with Gasteiger partial charge in [0.05, 0.1) is 11.6 Å². The Labute approximate surface area is 147 Å². The van der Waals surface area contributed by atoms with Crippen LogP contribution in [0.1, 0.15) is 25.5 Å². The lowest BCUT2D eigenvalue weighted by atomic mass is 10.2. The van der Waals surface area contributed by atoms with Crippen molar-refractivity contribution in [3.63, 3.8) is 0 Å². The fourth-order valence-corrected chi connectivity index (χ4v) is 3.59. The molecule has 23 heavy (non-hydrogen) atoms. The van der Waals surface area contributed by atoms with E-state index in [0.717, 1.165) is 36.7 Å². The normalized spacial score (nSPS) is 18.7. The van der Waals surface area contributed by atoms with Gasteiger partial charge in [0, 0.05) is 23.2 Å². The highest BCUT2D eigenvalue weighted by molar-refractivity contribution is 6.35. The van der Waals surface area contributed by atoms with Crippen molar-refractivity contribution in [2.75, 3.05) is 19.6 Å². The number of hydrogen-bond donors (Lipinski definition) is 1. The van der Waals surface area contributed by atoms with E-state index in [1.54, 1.807) is 12.1 Å². The van der Waals surface area contributed by atoms with Crippen LogP contribution in [-0.2, 0) is 6.54 Å². The molecular formula is C18H22Cl2N2O.